The molecule has 21 heavy (non-hydrogen) atoms. The fourth-order valence-corrected chi connectivity index (χ4v) is 2.72. The van der Waals surface area contributed by atoms with Gasteiger partial charge in [-0.3, -0.25) is 14.5 Å². The third-order valence-electron chi connectivity index (χ3n) is 3.81. The quantitative estimate of drug-likeness (QED) is 0.478. The summed E-state index contributed by atoms with van der Waals surface area (Å²) in [6.45, 7) is 6.74. The van der Waals surface area contributed by atoms with Crippen LogP contribution in [-0.2, 0) is 9.59 Å². The molecule has 6 nitrogen and oxygen atoms in total. The minimum absolute atomic E-state index is 0.189. The van der Waals surface area contributed by atoms with E-state index in [0.717, 1.165) is 25.8 Å². The predicted molar refractivity (Wildman–Crippen MR) is 85.5 cm³/mol. The summed E-state index contributed by atoms with van der Waals surface area (Å²) in [5, 5.41) is 3.19. The van der Waals surface area contributed by atoms with Crippen molar-refractivity contribution in [1.82, 2.24) is 10.2 Å². The lowest BCUT2D eigenvalue weighted by atomic mass is 9.94. The van der Waals surface area contributed by atoms with Gasteiger partial charge in [0.05, 0.1) is 12.1 Å². The third-order valence-corrected chi connectivity index (χ3v) is 3.81. The first-order valence-electron chi connectivity index (χ1n) is 7.66. The second-order valence-corrected chi connectivity index (χ2v) is 6.36. The van der Waals surface area contributed by atoms with Gasteiger partial charge in [0, 0.05) is 0 Å². The molecule has 0 radical (unpaired) electrons. The summed E-state index contributed by atoms with van der Waals surface area (Å²) >= 11 is 0. The predicted octanol–water partition coefficient (Wildman–Crippen LogP) is 0.308. The molecule has 0 bridgehead atoms. The Kier molecular flexibility index (Phi) is 9.21. The van der Waals surface area contributed by atoms with E-state index in [1.807, 2.05) is 39.8 Å². The Bertz CT molecular complexity index is 332. The summed E-state index contributed by atoms with van der Waals surface area (Å²) < 4.78 is 0. The minimum atomic E-state index is -0.306. The Labute approximate surface area is 128 Å². The number of nitrogens with two attached hydrogens (primary N) is 2. The van der Waals surface area contributed by atoms with Crippen LogP contribution < -0.4 is 16.8 Å². The zero-order chi connectivity index (χ0) is 16.6. The number of amides is 2. The van der Waals surface area contributed by atoms with Crippen molar-refractivity contribution in [2.24, 2.45) is 23.3 Å². The largest absolute Gasteiger partial charge is 0.368 e. The van der Waals surface area contributed by atoms with Gasteiger partial charge in [-0.15, -0.1) is 0 Å². The first kappa shape index (κ1) is 19.9. The maximum Gasteiger partial charge on any atom is 0.235 e. The zero-order valence-corrected chi connectivity index (χ0v) is 14.1. The van der Waals surface area contributed by atoms with Gasteiger partial charge in [-0.1, -0.05) is 27.2 Å². The lowest BCUT2D eigenvalue weighted by Gasteiger charge is -2.27. The zero-order valence-electron chi connectivity index (χ0n) is 14.1. The van der Waals surface area contributed by atoms with E-state index in [2.05, 4.69) is 5.32 Å². The van der Waals surface area contributed by atoms with Gasteiger partial charge in [-0.2, -0.15) is 0 Å². The summed E-state index contributed by atoms with van der Waals surface area (Å²) in [5.41, 5.74) is 10.8. The van der Waals surface area contributed by atoms with Gasteiger partial charge in [-0.05, 0) is 45.3 Å². The van der Waals surface area contributed by atoms with Gasteiger partial charge in [-0.25, -0.2) is 0 Å². The second-order valence-electron chi connectivity index (χ2n) is 6.36. The average Bonchev–Trinajstić information content (AvgIpc) is 2.31. The van der Waals surface area contributed by atoms with Crippen molar-refractivity contribution < 1.29 is 9.59 Å². The van der Waals surface area contributed by atoms with Gasteiger partial charge in [0.2, 0.25) is 11.8 Å². The standard InChI is InChI=1S/C15H32N4O2/c1-10(2)12(14(16)20)18-9-7-6-8-11(3)13(15(17)21)19(4)5/h10-13,18H,6-9H2,1-5H3,(H2,16,20)(H2,17,21)/t11?,12-,13?/m0/s1. The highest BCUT2D eigenvalue weighted by Crippen LogP contribution is 2.15. The highest BCUT2D eigenvalue weighted by molar-refractivity contribution is 5.80. The maximum atomic E-state index is 11.4. The van der Waals surface area contributed by atoms with E-state index in [1.54, 1.807) is 0 Å². The molecule has 2 unspecified atom stereocenters. The van der Waals surface area contributed by atoms with Crippen LogP contribution in [0.3, 0.4) is 0 Å². The first-order valence-corrected chi connectivity index (χ1v) is 7.66. The smallest absolute Gasteiger partial charge is 0.235 e. The molecule has 0 aromatic carbocycles. The van der Waals surface area contributed by atoms with E-state index in [1.165, 1.54) is 0 Å². The van der Waals surface area contributed by atoms with E-state index in [9.17, 15) is 9.59 Å². The topological polar surface area (TPSA) is 101 Å². The van der Waals surface area contributed by atoms with Crippen LogP contribution in [0.15, 0.2) is 0 Å². The summed E-state index contributed by atoms with van der Waals surface area (Å²) in [6, 6.07) is -0.505. The van der Waals surface area contributed by atoms with Crippen LogP contribution in [0.2, 0.25) is 0 Å². The van der Waals surface area contributed by atoms with Gasteiger partial charge in [0.1, 0.15) is 0 Å². The summed E-state index contributed by atoms with van der Waals surface area (Å²) in [7, 11) is 3.74. The van der Waals surface area contributed by atoms with Crippen LogP contribution in [0.1, 0.15) is 40.0 Å². The number of primary amides is 2. The minimum Gasteiger partial charge on any atom is -0.368 e. The molecule has 0 aromatic rings. The molecular weight excluding hydrogens is 268 g/mol. The fourth-order valence-electron chi connectivity index (χ4n) is 2.72. The SMILES string of the molecule is CC(CCCCN[C@H](C(N)=O)C(C)C)C(C(N)=O)N(C)C. The molecule has 0 rings (SSSR count). The highest BCUT2D eigenvalue weighted by atomic mass is 16.2. The van der Waals surface area contributed by atoms with Crippen molar-refractivity contribution in [2.75, 3.05) is 20.6 Å². The second kappa shape index (κ2) is 9.73. The Morgan fingerprint density at radius 2 is 1.62 bits per heavy atom. The molecule has 0 spiro atoms. The van der Waals surface area contributed by atoms with Crippen LogP contribution in [-0.4, -0.2) is 49.4 Å². The van der Waals surface area contributed by atoms with E-state index >= 15 is 0 Å². The summed E-state index contributed by atoms with van der Waals surface area (Å²) in [6.07, 6.45) is 2.85. The van der Waals surface area contributed by atoms with E-state index in [-0.39, 0.29) is 35.7 Å². The molecule has 124 valence electrons. The Morgan fingerprint density at radius 1 is 1.05 bits per heavy atom. The monoisotopic (exact) mass is 300 g/mol. The third kappa shape index (κ3) is 7.43. The lowest BCUT2D eigenvalue weighted by molar-refractivity contribution is -0.124. The number of rotatable bonds is 11. The number of nitrogens with one attached hydrogen (secondary N) is 1. The molecule has 0 saturated carbocycles. The van der Waals surface area contributed by atoms with Crippen LogP contribution in [0.5, 0.6) is 0 Å². The van der Waals surface area contributed by atoms with Gasteiger partial charge in [0.25, 0.3) is 0 Å². The van der Waals surface area contributed by atoms with Crippen molar-refractivity contribution in [3.05, 3.63) is 0 Å². The van der Waals surface area contributed by atoms with Gasteiger partial charge < -0.3 is 16.8 Å². The van der Waals surface area contributed by atoms with Crippen molar-refractivity contribution in [3.63, 3.8) is 0 Å². The molecule has 0 aromatic heterocycles. The number of carbonyl (C=O) groups is 2. The van der Waals surface area contributed by atoms with Crippen LogP contribution >= 0.6 is 0 Å². The molecule has 2 amide bonds. The van der Waals surface area contributed by atoms with Crippen molar-refractivity contribution in [1.29, 1.82) is 0 Å². The Balaban J connectivity index is 4.04. The van der Waals surface area contributed by atoms with Crippen molar-refractivity contribution in [3.8, 4) is 0 Å². The normalized spacial score (nSPS) is 16.0. The van der Waals surface area contributed by atoms with Crippen molar-refractivity contribution >= 4 is 11.8 Å². The molecule has 5 N–H and O–H groups in total. The van der Waals surface area contributed by atoms with Crippen LogP contribution in [0.25, 0.3) is 0 Å². The molecule has 0 saturated heterocycles. The molecular formula is C15H32N4O2. The van der Waals surface area contributed by atoms with Crippen molar-refractivity contribution in [2.45, 2.75) is 52.1 Å². The number of unbranched alkanes of at least 4 members (excludes halogenated alkanes) is 1. The highest BCUT2D eigenvalue weighted by Gasteiger charge is 2.24. The van der Waals surface area contributed by atoms with Gasteiger partial charge >= 0.3 is 0 Å². The number of nitrogens with zero attached hydrogens (tertiary/aromatic N) is 1. The molecule has 0 aliphatic carbocycles. The fraction of sp³-hybridized carbons (Fsp3) is 0.867. The maximum absolute atomic E-state index is 11.4. The molecule has 0 aliphatic heterocycles. The van der Waals surface area contributed by atoms with E-state index < -0.39 is 0 Å². The Hall–Kier alpha value is -1.14. The number of likely N-dealkylation sites (N-methyl/N-ethyl adjacent to an activating group) is 1. The van der Waals surface area contributed by atoms with Crippen LogP contribution in [0, 0.1) is 11.8 Å². The number of carbonyl (C=O) groups excluding carboxylic acids is 2. The van der Waals surface area contributed by atoms with E-state index in [4.69, 9.17) is 11.5 Å². The molecule has 0 aliphatic rings. The lowest BCUT2D eigenvalue weighted by Crippen LogP contribution is -2.45. The Morgan fingerprint density at radius 3 is 2.00 bits per heavy atom. The summed E-state index contributed by atoms with van der Waals surface area (Å²) in [5.74, 6) is -0.178. The van der Waals surface area contributed by atoms with Gasteiger partial charge in [0.15, 0.2) is 0 Å². The number of hydrogen-bond donors (Lipinski definition) is 3. The number of hydrogen-bond acceptors (Lipinski definition) is 4. The first-order chi connectivity index (χ1) is 9.68. The average molecular weight is 300 g/mol. The van der Waals surface area contributed by atoms with E-state index in [0.29, 0.717) is 0 Å². The molecule has 0 heterocycles. The van der Waals surface area contributed by atoms with Crippen LogP contribution in [0.4, 0.5) is 0 Å². The summed E-state index contributed by atoms with van der Waals surface area (Å²) in [4.78, 5) is 24.6. The molecule has 6 heteroatoms. The molecule has 0 fully saturated rings. The molecule has 3 atom stereocenters.